The lowest BCUT2D eigenvalue weighted by molar-refractivity contribution is 0.0746. The fraction of sp³-hybridized carbons (Fsp3) is 0.333. The molecule has 0 aliphatic carbocycles. The minimum Gasteiger partial charge on any atom is -0.368 e. The summed E-state index contributed by atoms with van der Waals surface area (Å²) in [6.07, 6.45) is 1.26. The van der Waals surface area contributed by atoms with E-state index in [1.54, 1.807) is 4.90 Å². The minimum atomic E-state index is -3.86. The Morgan fingerprint density at radius 1 is 1.08 bits per heavy atom. The van der Waals surface area contributed by atoms with Gasteiger partial charge in [-0.25, -0.2) is 18.5 Å². The maximum Gasteiger partial charge on any atom is 0.255 e. The second-order valence-electron chi connectivity index (χ2n) is 6.50. The summed E-state index contributed by atoms with van der Waals surface area (Å²) in [7, 11) is -3.86. The van der Waals surface area contributed by atoms with Crippen molar-refractivity contribution < 1.29 is 13.2 Å². The molecule has 0 unspecified atom stereocenters. The molecule has 0 spiro atoms. The molecule has 8 heteroatoms. The Balaban J connectivity index is 1.68. The zero-order valence-corrected chi connectivity index (χ0v) is 15.7. The molecule has 2 aromatic rings. The van der Waals surface area contributed by atoms with Crippen LogP contribution in [0.4, 0.5) is 5.69 Å². The average molecular weight is 374 g/mol. The van der Waals surface area contributed by atoms with E-state index in [1.807, 2.05) is 0 Å². The van der Waals surface area contributed by atoms with Gasteiger partial charge in [-0.3, -0.25) is 4.79 Å². The van der Waals surface area contributed by atoms with E-state index in [9.17, 15) is 13.2 Å². The molecular formula is C18H22N4O3S. The number of pyridine rings is 1. The first-order valence-corrected chi connectivity index (χ1v) is 9.90. The van der Waals surface area contributed by atoms with Crippen molar-refractivity contribution >= 4 is 21.6 Å². The van der Waals surface area contributed by atoms with Gasteiger partial charge < -0.3 is 9.80 Å². The number of hydrogen-bond acceptors (Lipinski definition) is 5. The number of carbonyl (C=O) groups is 1. The summed E-state index contributed by atoms with van der Waals surface area (Å²) in [5.41, 5.74) is 4.00. The number of primary sulfonamides is 1. The summed E-state index contributed by atoms with van der Waals surface area (Å²) in [4.78, 5) is 20.4. The number of hydrogen-bond donors (Lipinski definition) is 1. The highest BCUT2D eigenvalue weighted by Gasteiger charge is 2.23. The predicted molar refractivity (Wildman–Crippen MR) is 99.6 cm³/mol. The van der Waals surface area contributed by atoms with Gasteiger partial charge in [0.1, 0.15) is 0 Å². The van der Waals surface area contributed by atoms with Crippen molar-refractivity contribution in [3.8, 4) is 0 Å². The lowest BCUT2D eigenvalue weighted by Gasteiger charge is -2.37. The van der Waals surface area contributed by atoms with E-state index in [0.29, 0.717) is 18.7 Å². The van der Waals surface area contributed by atoms with Crippen molar-refractivity contribution in [2.45, 2.75) is 18.9 Å². The van der Waals surface area contributed by atoms with Crippen LogP contribution < -0.4 is 10.0 Å². The number of benzene rings is 1. The molecule has 1 aliphatic heterocycles. The highest BCUT2D eigenvalue weighted by molar-refractivity contribution is 7.89. The average Bonchev–Trinajstić information content (AvgIpc) is 2.63. The number of aromatic nitrogens is 1. The normalized spacial score (nSPS) is 15.2. The van der Waals surface area contributed by atoms with Gasteiger partial charge in [0.15, 0.2) is 5.03 Å². The van der Waals surface area contributed by atoms with Crippen LogP contribution in [0, 0.1) is 13.8 Å². The molecule has 26 heavy (non-hydrogen) atoms. The number of rotatable bonds is 3. The van der Waals surface area contributed by atoms with E-state index in [2.05, 4.69) is 41.9 Å². The van der Waals surface area contributed by atoms with Crippen molar-refractivity contribution in [3.05, 3.63) is 53.2 Å². The van der Waals surface area contributed by atoms with E-state index in [-0.39, 0.29) is 10.9 Å². The first kappa shape index (κ1) is 18.3. The van der Waals surface area contributed by atoms with Gasteiger partial charge in [-0.05, 0) is 43.2 Å². The van der Waals surface area contributed by atoms with Crippen molar-refractivity contribution in [2.24, 2.45) is 5.14 Å². The molecule has 0 saturated carbocycles. The standard InChI is InChI=1S/C18H22N4O3S/c1-13-3-4-14(2)16(11-13)21-7-9-22(10-8-21)18(23)15-5-6-17(20-12-15)26(19,24)25/h3-6,11-12H,7-10H2,1-2H3,(H2,19,24,25). The smallest absolute Gasteiger partial charge is 0.255 e. The molecule has 1 saturated heterocycles. The summed E-state index contributed by atoms with van der Waals surface area (Å²) in [6, 6.07) is 9.08. The van der Waals surface area contributed by atoms with Gasteiger partial charge in [0, 0.05) is 38.1 Å². The lowest BCUT2D eigenvalue weighted by atomic mass is 10.1. The molecule has 1 aromatic carbocycles. The van der Waals surface area contributed by atoms with Crippen molar-refractivity contribution in [1.29, 1.82) is 0 Å². The van der Waals surface area contributed by atoms with Gasteiger partial charge in [0.25, 0.3) is 15.9 Å². The Morgan fingerprint density at radius 2 is 1.77 bits per heavy atom. The summed E-state index contributed by atoms with van der Waals surface area (Å²) in [6.45, 7) is 6.86. The summed E-state index contributed by atoms with van der Waals surface area (Å²) >= 11 is 0. The van der Waals surface area contributed by atoms with Gasteiger partial charge >= 0.3 is 0 Å². The maximum absolute atomic E-state index is 12.6. The second-order valence-corrected chi connectivity index (χ2v) is 8.01. The molecule has 1 aliphatic rings. The van der Waals surface area contributed by atoms with Gasteiger partial charge in [0.2, 0.25) is 0 Å². The second kappa shape index (κ2) is 7.05. The van der Waals surface area contributed by atoms with Crippen LogP contribution in [0.5, 0.6) is 0 Å². The number of anilines is 1. The number of carbonyl (C=O) groups excluding carboxylic acids is 1. The lowest BCUT2D eigenvalue weighted by Crippen LogP contribution is -2.49. The van der Waals surface area contributed by atoms with Crippen LogP contribution >= 0.6 is 0 Å². The molecular weight excluding hydrogens is 352 g/mol. The zero-order chi connectivity index (χ0) is 18.9. The number of piperazine rings is 1. The molecule has 138 valence electrons. The molecule has 1 amide bonds. The van der Waals surface area contributed by atoms with E-state index < -0.39 is 10.0 Å². The summed E-state index contributed by atoms with van der Waals surface area (Å²) in [5, 5.41) is 4.79. The number of nitrogens with zero attached hydrogens (tertiary/aromatic N) is 3. The highest BCUT2D eigenvalue weighted by atomic mass is 32.2. The third kappa shape index (κ3) is 3.86. The Bertz CT molecular complexity index is 918. The number of sulfonamides is 1. The molecule has 1 aromatic heterocycles. The number of aryl methyl sites for hydroxylation is 2. The van der Waals surface area contributed by atoms with E-state index >= 15 is 0 Å². The van der Waals surface area contributed by atoms with Crippen molar-refractivity contribution in [1.82, 2.24) is 9.88 Å². The van der Waals surface area contributed by atoms with Gasteiger partial charge in [-0.1, -0.05) is 12.1 Å². The third-order valence-corrected chi connectivity index (χ3v) is 5.37. The third-order valence-electron chi connectivity index (χ3n) is 4.55. The fourth-order valence-electron chi connectivity index (χ4n) is 3.07. The Hall–Kier alpha value is -2.45. The maximum atomic E-state index is 12.6. The monoisotopic (exact) mass is 374 g/mol. The first-order valence-electron chi connectivity index (χ1n) is 8.36. The van der Waals surface area contributed by atoms with Crippen LogP contribution in [-0.2, 0) is 10.0 Å². The van der Waals surface area contributed by atoms with Crippen LogP contribution in [0.1, 0.15) is 21.5 Å². The molecule has 0 radical (unpaired) electrons. The van der Waals surface area contributed by atoms with Gasteiger partial charge in [-0.2, -0.15) is 0 Å². The fourth-order valence-corrected chi connectivity index (χ4v) is 3.53. The first-order chi connectivity index (χ1) is 12.3. The Kier molecular flexibility index (Phi) is 4.97. The molecule has 0 bridgehead atoms. The Morgan fingerprint density at radius 3 is 2.35 bits per heavy atom. The van der Waals surface area contributed by atoms with Crippen molar-refractivity contribution in [2.75, 3.05) is 31.1 Å². The zero-order valence-electron chi connectivity index (χ0n) is 14.8. The number of amides is 1. The van der Waals surface area contributed by atoms with Crippen LogP contribution in [0.2, 0.25) is 0 Å². The van der Waals surface area contributed by atoms with Gasteiger partial charge in [-0.15, -0.1) is 0 Å². The van der Waals surface area contributed by atoms with Crippen LogP contribution in [0.3, 0.4) is 0 Å². The minimum absolute atomic E-state index is 0.154. The quantitative estimate of drug-likeness (QED) is 0.874. The van der Waals surface area contributed by atoms with Gasteiger partial charge in [0.05, 0.1) is 5.56 Å². The van der Waals surface area contributed by atoms with E-state index in [4.69, 9.17) is 5.14 Å². The van der Waals surface area contributed by atoms with Crippen LogP contribution in [-0.4, -0.2) is 50.4 Å². The van der Waals surface area contributed by atoms with Crippen LogP contribution in [0.25, 0.3) is 0 Å². The molecule has 2 heterocycles. The molecule has 7 nitrogen and oxygen atoms in total. The van der Waals surface area contributed by atoms with Crippen molar-refractivity contribution in [3.63, 3.8) is 0 Å². The largest absolute Gasteiger partial charge is 0.368 e. The molecule has 2 N–H and O–H groups in total. The number of nitrogens with two attached hydrogens (primary N) is 1. The van der Waals surface area contributed by atoms with E-state index in [1.165, 1.54) is 35.1 Å². The summed E-state index contributed by atoms with van der Waals surface area (Å²) < 4.78 is 22.5. The SMILES string of the molecule is Cc1ccc(C)c(N2CCN(C(=O)c3ccc(S(N)(=O)=O)nc3)CC2)c1. The predicted octanol–water partition coefficient (Wildman–Crippen LogP) is 1.31. The summed E-state index contributed by atoms with van der Waals surface area (Å²) in [5.74, 6) is -0.154. The molecule has 0 atom stereocenters. The van der Waals surface area contributed by atoms with Crippen LogP contribution in [0.15, 0.2) is 41.6 Å². The topological polar surface area (TPSA) is 96.6 Å². The molecule has 1 fully saturated rings. The van der Waals surface area contributed by atoms with E-state index in [0.717, 1.165) is 13.1 Å². The molecule has 3 rings (SSSR count). The highest BCUT2D eigenvalue weighted by Crippen LogP contribution is 2.23. The Labute approximate surface area is 153 Å².